The predicted octanol–water partition coefficient (Wildman–Crippen LogP) is 6.55. The molecule has 0 fully saturated rings. The van der Waals surface area contributed by atoms with E-state index in [0.717, 1.165) is 68.6 Å². The van der Waals surface area contributed by atoms with Crippen LogP contribution in [0.5, 0.6) is 0 Å². The van der Waals surface area contributed by atoms with Crippen molar-refractivity contribution in [2.75, 3.05) is 42.9 Å². The van der Waals surface area contributed by atoms with Crippen LogP contribution >= 0.6 is 0 Å². The van der Waals surface area contributed by atoms with Crippen LogP contribution in [0.4, 0.5) is 11.4 Å². The van der Waals surface area contributed by atoms with Crippen molar-refractivity contribution in [3.05, 3.63) is 65.9 Å². The molecule has 2 heterocycles. The summed E-state index contributed by atoms with van der Waals surface area (Å²) in [7, 11) is 0. The number of aromatic nitrogens is 1. The molecule has 4 rings (SSSR count). The smallest absolute Gasteiger partial charge is 0.255 e. The molecule has 0 radical (unpaired) electrons. The van der Waals surface area contributed by atoms with Gasteiger partial charge < -0.3 is 15.2 Å². The summed E-state index contributed by atoms with van der Waals surface area (Å²) in [5.41, 5.74) is 6.42. The van der Waals surface area contributed by atoms with E-state index in [1.807, 2.05) is 18.2 Å². The van der Waals surface area contributed by atoms with Crippen LogP contribution in [0.15, 0.2) is 54.7 Å². The van der Waals surface area contributed by atoms with Gasteiger partial charge in [0.1, 0.15) is 0 Å². The Labute approximate surface area is 203 Å². The molecule has 0 saturated heterocycles. The summed E-state index contributed by atoms with van der Waals surface area (Å²) in [5.74, 6) is -0.0763. The van der Waals surface area contributed by atoms with Gasteiger partial charge >= 0.3 is 0 Å². The minimum atomic E-state index is -0.0763. The standard InChI is InChI=1S/C29H38N4O/c1-4-15-32-18-13-22(14-19-32)27-21-30-28-12-9-24(20-26(27)28)31-29(34)23-7-10-25(11-8-23)33(16-5-2)17-6-3/h7-13,20-21,30H,4-6,14-19H2,1-3H3,(H,31,34). The summed E-state index contributed by atoms with van der Waals surface area (Å²) in [6.07, 6.45) is 8.93. The summed E-state index contributed by atoms with van der Waals surface area (Å²) in [5, 5.41) is 4.26. The monoisotopic (exact) mass is 458 g/mol. The lowest BCUT2D eigenvalue weighted by molar-refractivity contribution is 0.102. The maximum atomic E-state index is 13.0. The van der Waals surface area contributed by atoms with Gasteiger partial charge in [0, 0.05) is 65.8 Å². The van der Waals surface area contributed by atoms with Crippen LogP contribution in [0.25, 0.3) is 16.5 Å². The first kappa shape index (κ1) is 24.1. The van der Waals surface area contributed by atoms with E-state index in [2.05, 4.69) is 77.4 Å². The van der Waals surface area contributed by atoms with E-state index in [-0.39, 0.29) is 5.91 Å². The summed E-state index contributed by atoms with van der Waals surface area (Å²) < 4.78 is 0. The van der Waals surface area contributed by atoms with Crippen LogP contribution in [0.3, 0.4) is 0 Å². The van der Waals surface area contributed by atoms with Gasteiger partial charge in [-0.2, -0.15) is 0 Å². The minimum Gasteiger partial charge on any atom is -0.372 e. The molecule has 5 nitrogen and oxygen atoms in total. The molecule has 2 aromatic carbocycles. The Morgan fingerprint density at radius 1 is 1.03 bits per heavy atom. The summed E-state index contributed by atoms with van der Waals surface area (Å²) in [6.45, 7) is 12.0. The SMILES string of the molecule is CCCN1CC=C(c2c[nH]c3ccc(NC(=O)c4ccc(N(CCC)CCC)cc4)cc23)CC1. The molecule has 5 heteroatoms. The van der Waals surface area contributed by atoms with Crippen LogP contribution in [0.2, 0.25) is 0 Å². The third-order valence-corrected chi connectivity index (χ3v) is 6.60. The van der Waals surface area contributed by atoms with E-state index in [1.165, 1.54) is 23.2 Å². The molecule has 0 aliphatic carbocycles. The van der Waals surface area contributed by atoms with Crippen molar-refractivity contribution < 1.29 is 4.79 Å². The Bertz CT molecular complexity index is 1120. The van der Waals surface area contributed by atoms with Crippen molar-refractivity contribution in [2.45, 2.75) is 46.5 Å². The third-order valence-electron chi connectivity index (χ3n) is 6.60. The minimum absolute atomic E-state index is 0.0763. The molecule has 1 aliphatic heterocycles. The van der Waals surface area contributed by atoms with Gasteiger partial charge in [0.05, 0.1) is 0 Å². The van der Waals surface area contributed by atoms with Crippen LogP contribution in [0.1, 0.15) is 62.4 Å². The fourth-order valence-electron chi connectivity index (χ4n) is 4.88. The summed E-state index contributed by atoms with van der Waals surface area (Å²) in [6, 6.07) is 14.1. The number of carbonyl (C=O) groups excluding carboxylic acids is 1. The predicted molar refractivity (Wildman–Crippen MR) is 145 cm³/mol. The largest absolute Gasteiger partial charge is 0.372 e. The molecule has 1 aliphatic rings. The first-order valence-corrected chi connectivity index (χ1v) is 12.8. The van der Waals surface area contributed by atoms with Crippen molar-refractivity contribution in [2.24, 2.45) is 0 Å². The van der Waals surface area contributed by atoms with Crippen molar-refractivity contribution in [1.82, 2.24) is 9.88 Å². The average Bonchev–Trinajstić information content (AvgIpc) is 3.28. The molecular weight excluding hydrogens is 420 g/mol. The van der Waals surface area contributed by atoms with Gasteiger partial charge in [-0.25, -0.2) is 0 Å². The van der Waals surface area contributed by atoms with Gasteiger partial charge in [-0.1, -0.05) is 26.8 Å². The number of H-pyrrole nitrogens is 1. The second kappa shape index (κ2) is 11.4. The highest BCUT2D eigenvalue weighted by Crippen LogP contribution is 2.31. The molecule has 0 spiro atoms. The van der Waals surface area contributed by atoms with Crippen molar-refractivity contribution >= 4 is 33.8 Å². The number of rotatable bonds is 10. The highest BCUT2D eigenvalue weighted by molar-refractivity contribution is 6.06. The fourth-order valence-corrected chi connectivity index (χ4v) is 4.88. The van der Waals surface area contributed by atoms with Crippen LogP contribution in [-0.2, 0) is 0 Å². The molecule has 1 aromatic heterocycles. The van der Waals surface area contributed by atoms with Crippen molar-refractivity contribution in [3.8, 4) is 0 Å². The molecule has 0 unspecified atom stereocenters. The van der Waals surface area contributed by atoms with Crippen molar-refractivity contribution in [3.63, 3.8) is 0 Å². The summed E-state index contributed by atoms with van der Waals surface area (Å²) in [4.78, 5) is 21.2. The van der Waals surface area contributed by atoms with E-state index < -0.39 is 0 Å². The number of hydrogen-bond donors (Lipinski definition) is 2. The number of nitrogens with one attached hydrogen (secondary N) is 2. The first-order chi connectivity index (χ1) is 16.6. The fraction of sp³-hybridized carbons (Fsp3) is 0.414. The van der Waals surface area contributed by atoms with Gasteiger partial charge in [-0.3, -0.25) is 9.69 Å². The topological polar surface area (TPSA) is 51.4 Å². The quantitative estimate of drug-likeness (QED) is 0.362. The summed E-state index contributed by atoms with van der Waals surface area (Å²) >= 11 is 0. The maximum Gasteiger partial charge on any atom is 0.255 e. The Hall–Kier alpha value is -3.05. The number of anilines is 2. The lowest BCUT2D eigenvalue weighted by atomic mass is 9.98. The lowest BCUT2D eigenvalue weighted by Crippen LogP contribution is -2.29. The van der Waals surface area contributed by atoms with Gasteiger partial charge in [-0.05, 0) is 80.3 Å². The van der Waals surface area contributed by atoms with Crippen molar-refractivity contribution in [1.29, 1.82) is 0 Å². The molecule has 2 N–H and O–H groups in total. The maximum absolute atomic E-state index is 13.0. The molecular formula is C29H38N4O. The van der Waals surface area contributed by atoms with Crippen LogP contribution in [-0.4, -0.2) is 48.5 Å². The normalized spacial score (nSPS) is 14.3. The number of carbonyl (C=O) groups is 1. The van der Waals surface area contributed by atoms with Crippen LogP contribution < -0.4 is 10.2 Å². The molecule has 3 aromatic rings. The first-order valence-electron chi connectivity index (χ1n) is 12.8. The van der Waals surface area contributed by atoms with Gasteiger partial charge in [0.15, 0.2) is 0 Å². The highest BCUT2D eigenvalue weighted by atomic mass is 16.1. The third kappa shape index (κ3) is 5.53. The van der Waals surface area contributed by atoms with E-state index in [9.17, 15) is 4.79 Å². The second-order valence-corrected chi connectivity index (χ2v) is 9.23. The van der Waals surface area contributed by atoms with Gasteiger partial charge in [0.2, 0.25) is 0 Å². The van der Waals surface area contributed by atoms with Crippen LogP contribution in [0, 0.1) is 0 Å². The number of nitrogens with zero attached hydrogens (tertiary/aromatic N) is 2. The Morgan fingerprint density at radius 2 is 1.79 bits per heavy atom. The number of benzene rings is 2. The molecule has 1 amide bonds. The number of hydrogen-bond acceptors (Lipinski definition) is 3. The van der Waals surface area contributed by atoms with E-state index >= 15 is 0 Å². The van der Waals surface area contributed by atoms with E-state index in [0.29, 0.717) is 5.56 Å². The Morgan fingerprint density at radius 3 is 2.44 bits per heavy atom. The number of amides is 1. The zero-order valence-corrected chi connectivity index (χ0v) is 20.9. The van der Waals surface area contributed by atoms with Gasteiger partial charge in [0.25, 0.3) is 5.91 Å². The Balaban J connectivity index is 1.48. The number of fused-ring (bicyclic) bond motifs is 1. The van der Waals surface area contributed by atoms with Gasteiger partial charge in [-0.15, -0.1) is 0 Å². The molecule has 34 heavy (non-hydrogen) atoms. The average molecular weight is 459 g/mol. The highest BCUT2D eigenvalue weighted by Gasteiger charge is 2.16. The lowest BCUT2D eigenvalue weighted by Gasteiger charge is -2.25. The molecule has 0 bridgehead atoms. The molecule has 0 saturated carbocycles. The Kier molecular flexibility index (Phi) is 8.07. The zero-order chi connectivity index (χ0) is 23.9. The number of aromatic amines is 1. The van der Waals surface area contributed by atoms with E-state index in [1.54, 1.807) is 0 Å². The zero-order valence-electron chi connectivity index (χ0n) is 20.9. The molecule has 0 atom stereocenters. The second-order valence-electron chi connectivity index (χ2n) is 9.23. The van der Waals surface area contributed by atoms with E-state index in [4.69, 9.17) is 0 Å². The molecule has 180 valence electrons.